The molecule has 0 aliphatic carbocycles. The third-order valence-electron chi connectivity index (χ3n) is 5.88. The molecule has 2 aromatic carbocycles. The molecule has 162 valence electrons. The van der Waals surface area contributed by atoms with Crippen molar-refractivity contribution in [2.75, 3.05) is 31.1 Å². The number of piperazine rings is 1. The van der Waals surface area contributed by atoms with Crippen molar-refractivity contribution >= 4 is 17.4 Å². The lowest BCUT2D eigenvalue weighted by Crippen LogP contribution is -2.49. The molecular weight excluding hydrogens is 404 g/mol. The topological polar surface area (TPSA) is 75.7 Å². The summed E-state index contributed by atoms with van der Waals surface area (Å²) < 4.78 is 3.04. The number of fused-ring (bicyclic) bond motifs is 1. The predicted octanol–water partition coefficient (Wildman–Crippen LogP) is 2.22. The summed E-state index contributed by atoms with van der Waals surface area (Å²) in [7, 11) is 0. The van der Waals surface area contributed by atoms with Crippen molar-refractivity contribution in [1.29, 1.82) is 0 Å². The number of para-hydroxylation sites is 1. The zero-order valence-electron chi connectivity index (χ0n) is 17.9. The Kier molecular flexibility index (Phi) is 5.18. The zero-order chi connectivity index (χ0) is 22.1. The summed E-state index contributed by atoms with van der Waals surface area (Å²) in [4.78, 5) is 34.4. The lowest BCUT2D eigenvalue weighted by Gasteiger charge is -2.36. The highest BCUT2D eigenvalue weighted by molar-refractivity contribution is 5.77. The van der Waals surface area contributed by atoms with Crippen LogP contribution in [0.4, 0.5) is 5.69 Å². The molecule has 0 saturated carbocycles. The van der Waals surface area contributed by atoms with Crippen LogP contribution in [0.25, 0.3) is 17.2 Å². The summed E-state index contributed by atoms with van der Waals surface area (Å²) in [6, 6.07) is 21.2. The van der Waals surface area contributed by atoms with E-state index in [9.17, 15) is 9.59 Å². The Morgan fingerprint density at radius 2 is 1.59 bits per heavy atom. The molecule has 0 bridgehead atoms. The molecule has 1 aliphatic rings. The van der Waals surface area contributed by atoms with Gasteiger partial charge in [0.2, 0.25) is 11.7 Å². The van der Waals surface area contributed by atoms with E-state index in [0.717, 1.165) is 18.7 Å². The number of hydrogen-bond acceptors (Lipinski definition) is 5. The van der Waals surface area contributed by atoms with Gasteiger partial charge < -0.3 is 14.4 Å². The maximum Gasteiger partial charge on any atom is 0.275 e. The van der Waals surface area contributed by atoms with E-state index in [1.807, 2.05) is 60.4 Å². The maximum absolute atomic E-state index is 13.1. The Labute approximate surface area is 185 Å². The largest absolute Gasteiger partial charge is 0.368 e. The molecule has 2 aromatic heterocycles. The summed E-state index contributed by atoms with van der Waals surface area (Å²) in [6.07, 6.45) is 0. The Morgan fingerprint density at radius 3 is 2.28 bits per heavy atom. The first-order valence-electron chi connectivity index (χ1n) is 10.7. The first kappa shape index (κ1) is 20.0. The number of aryl methyl sites for hydroxylation is 1. The first-order chi connectivity index (χ1) is 15.6. The highest BCUT2D eigenvalue weighted by Crippen LogP contribution is 2.17. The average Bonchev–Trinajstić information content (AvgIpc) is 3.29. The highest BCUT2D eigenvalue weighted by atomic mass is 16.2. The smallest absolute Gasteiger partial charge is 0.275 e. The molecule has 8 heteroatoms. The van der Waals surface area contributed by atoms with Crippen LogP contribution in [0.15, 0.2) is 71.5 Å². The lowest BCUT2D eigenvalue weighted by molar-refractivity contribution is -0.132. The average molecular weight is 428 g/mol. The molecule has 0 spiro atoms. The number of anilines is 1. The van der Waals surface area contributed by atoms with E-state index in [1.54, 1.807) is 4.57 Å². The normalized spacial score (nSPS) is 14.2. The molecule has 1 amide bonds. The van der Waals surface area contributed by atoms with Crippen LogP contribution in [0.5, 0.6) is 0 Å². The van der Waals surface area contributed by atoms with Crippen molar-refractivity contribution in [2.24, 2.45) is 0 Å². The van der Waals surface area contributed by atoms with Gasteiger partial charge in [-0.1, -0.05) is 48.5 Å². The molecule has 5 rings (SSSR count). The fourth-order valence-electron chi connectivity index (χ4n) is 4.09. The Bertz CT molecular complexity index is 1310. The second kappa shape index (κ2) is 8.30. The van der Waals surface area contributed by atoms with Crippen molar-refractivity contribution in [3.8, 4) is 11.4 Å². The van der Waals surface area contributed by atoms with Gasteiger partial charge in [-0.05, 0) is 19.1 Å². The minimum Gasteiger partial charge on any atom is -0.368 e. The molecule has 0 atom stereocenters. The molecule has 8 nitrogen and oxygen atoms in total. The van der Waals surface area contributed by atoms with Crippen LogP contribution in [0.1, 0.15) is 5.69 Å². The standard InChI is InChI=1S/C24H24N6O2/c1-18-16-21(31)30-24(25-23(26-30)19-8-4-2-5-9-19)29(18)17-22(32)28-14-12-27(13-15-28)20-10-6-3-7-11-20/h2-11,16H,12-15,17H2,1H3. The van der Waals surface area contributed by atoms with E-state index in [-0.39, 0.29) is 18.0 Å². The fraction of sp³-hybridized carbons (Fsp3) is 0.250. The van der Waals surface area contributed by atoms with E-state index in [4.69, 9.17) is 0 Å². The molecular formula is C24H24N6O2. The molecule has 32 heavy (non-hydrogen) atoms. The van der Waals surface area contributed by atoms with Crippen molar-refractivity contribution in [1.82, 2.24) is 24.1 Å². The van der Waals surface area contributed by atoms with Gasteiger partial charge in [-0.3, -0.25) is 9.59 Å². The van der Waals surface area contributed by atoms with Crippen LogP contribution in [-0.4, -0.2) is 56.2 Å². The lowest BCUT2D eigenvalue weighted by atomic mass is 10.2. The van der Waals surface area contributed by atoms with Crippen LogP contribution in [0.3, 0.4) is 0 Å². The number of rotatable bonds is 4. The van der Waals surface area contributed by atoms with Crippen molar-refractivity contribution in [2.45, 2.75) is 13.5 Å². The van der Waals surface area contributed by atoms with Crippen molar-refractivity contribution in [3.63, 3.8) is 0 Å². The van der Waals surface area contributed by atoms with Gasteiger partial charge in [0.25, 0.3) is 5.56 Å². The molecule has 1 saturated heterocycles. The third kappa shape index (κ3) is 3.75. The summed E-state index contributed by atoms with van der Waals surface area (Å²) in [6.45, 7) is 4.83. The Hall–Kier alpha value is -3.94. The summed E-state index contributed by atoms with van der Waals surface area (Å²) in [5, 5.41) is 4.39. The van der Waals surface area contributed by atoms with E-state index >= 15 is 0 Å². The zero-order valence-corrected chi connectivity index (χ0v) is 17.9. The molecule has 0 unspecified atom stereocenters. The van der Waals surface area contributed by atoms with E-state index in [1.165, 1.54) is 16.3 Å². The van der Waals surface area contributed by atoms with Gasteiger partial charge >= 0.3 is 0 Å². The SMILES string of the molecule is Cc1cc(=O)n2nc(-c3ccccc3)nc2n1CC(=O)N1CCN(c2ccccc2)CC1. The van der Waals surface area contributed by atoms with Gasteiger partial charge in [-0.25, -0.2) is 0 Å². The minimum atomic E-state index is -0.257. The van der Waals surface area contributed by atoms with Gasteiger partial charge in [0.05, 0.1) is 0 Å². The van der Waals surface area contributed by atoms with Crippen LogP contribution < -0.4 is 10.5 Å². The van der Waals surface area contributed by atoms with Crippen molar-refractivity contribution < 1.29 is 4.79 Å². The fourth-order valence-corrected chi connectivity index (χ4v) is 4.09. The van der Waals surface area contributed by atoms with Crippen molar-refractivity contribution in [3.05, 3.63) is 82.8 Å². The van der Waals surface area contributed by atoms with Crippen LogP contribution in [-0.2, 0) is 11.3 Å². The van der Waals surface area contributed by atoms with E-state index < -0.39 is 0 Å². The molecule has 0 N–H and O–H groups in total. The van der Waals surface area contributed by atoms with Gasteiger partial charge in [-0.2, -0.15) is 9.50 Å². The maximum atomic E-state index is 13.1. The number of aromatic nitrogens is 4. The summed E-state index contributed by atoms with van der Waals surface area (Å²) in [5.74, 6) is 0.853. The van der Waals surface area contributed by atoms with E-state index in [2.05, 4.69) is 27.1 Å². The van der Waals surface area contributed by atoms with Crippen LogP contribution >= 0.6 is 0 Å². The van der Waals surface area contributed by atoms with Gasteiger partial charge in [0, 0.05) is 49.2 Å². The molecule has 1 fully saturated rings. The highest BCUT2D eigenvalue weighted by Gasteiger charge is 2.23. The van der Waals surface area contributed by atoms with Gasteiger partial charge in [0.15, 0.2) is 5.82 Å². The second-order valence-electron chi connectivity index (χ2n) is 7.93. The minimum absolute atomic E-state index is 0.00983. The van der Waals surface area contributed by atoms with E-state index in [0.29, 0.717) is 30.4 Å². The monoisotopic (exact) mass is 428 g/mol. The Morgan fingerprint density at radius 1 is 0.938 bits per heavy atom. The van der Waals surface area contributed by atoms with Crippen LogP contribution in [0, 0.1) is 6.92 Å². The number of benzene rings is 2. The number of carbonyl (C=O) groups excluding carboxylic acids is 1. The quantitative estimate of drug-likeness (QED) is 0.498. The second-order valence-corrected chi connectivity index (χ2v) is 7.93. The predicted molar refractivity (Wildman–Crippen MR) is 123 cm³/mol. The number of hydrogen-bond donors (Lipinski definition) is 0. The number of carbonyl (C=O) groups is 1. The number of nitrogens with zero attached hydrogens (tertiary/aromatic N) is 6. The molecule has 0 radical (unpaired) electrons. The van der Waals surface area contributed by atoms with Crippen LogP contribution in [0.2, 0.25) is 0 Å². The number of amides is 1. The molecule has 1 aliphatic heterocycles. The summed E-state index contributed by atoms with van der Waals surface area (Å²) in [5.41, 5.74) is 2.43. The molecule has 4 aromatic rings. The first-order valence-corrected chi connectivity index (χ1v) is 10.7. The summed E-state index contributed by atoms with van der Waals surface area (Å²) >= 11 is 0. The van der Waals surface area contributed by atoms with Gasteiger partial charge in [0.1, 0.15) is 6.54 Å². The third-order valence-corrected chi connectivity index (χ3v) is 5.88. The Balaban J connectivity index is 1.37. The van der Waals surface area contributed by atoms with Gasteiger partial charge in [-0.15, -0.1) is 5.10 Å². The molecule has 3 heterocycles.